The molecule has 0 aromatic rings. The molecule has 0 saturated carbocycles. The number of rotatable bonds is 28. The third-order valence-electron chi connectivity index (χ3n) is 5.72. The number of hydrogen-bond donors (Lipinski definition) is 2. The van der Waals surface area contributed by atoms with Crippen molar-refractivity contribution in [1.82, 2.24) is 0 Å². The summed E-state index contributed by atoms with van der Waals surface area (Å²) in [7, 11) is -4.28. The van der Waals surface area contributed by atoms with Crippen LogP contribution in [0.4, 0.5) is 0 Å². The van der Waals surface area contributed by atoms with E-state index in [0.717, 1.165) is 51.4 Å². The maximum Gasteiger partial charge on any atom is 0.472 e. The summed E-state index contributed by atoms with van der Waals surface area (Å²) < 4.78 is 32.8. The van der Waals surface area contributed by atoms with Gasteiger partial charge in [-0.15, -0.1) is 0 Å². The van der Waals surface area contributed by atoms with Crippen molar-refractivity contribution < 1.29 is 32.8 Å². The largest absolute Gasteiger partial charge is 0.472 e. The number of hydrogen-bond acceptors (Lipinski definition) is 7. The third-order valence-corrected chi connectivity index (χ3v) is 6.70. The molecular formula is C32H56NO7P. The van der Waals surface area contributed by atoms with E-state index in [-0.39, 0.29) is 32.3 Å². The molecule has 0 aliphatic heterocycles. The molecule has 0 spiro atoms. The molecule has 0 aromatic heterocycles. The van der Waals surface area contributed by atoms with Crippen LogP contribution in [-0.2, 0) is 27.9 Å². The van der Waals surface area contributed by atoms with E-state index in [1.54, 1.807) is 0 Å². The van der Waals surface area contributed by atoms with Crippen molar-refractivity contribution in [3.05, 3.63) is 60.8 Å². The molecule has 8 nitrogen and oxygen atoms in total. The highest BCUT2D eigenvalue weighted by molar-refractivity contribution is 7.47. The summed E-state index contributed by atoms with van der Waals surface area (Å²) in [6.45, 7) is 4.46. The maximum absolute atomic E-state index is 12.3. The van der Waals surface area contributed by atoms with Crippen LogP contribution in [0.2, 0.25) is 0 Å². The van der Waals surface area contributed by atoms with Gasteiger partial charge in [-0.25, -0.2) is 4.57 Å². The first-order valence-corrected chi connectivity index (χ1v) is 16.8. The predicted molar refractivity (Wildman–Crippen MR) is 169 cm³/mol. The monoisotopic (exact) mass is 597 g/mol. The molecule has 9 heteroatoms. The molecule has 0 amide bonds. The van der Waals surface area contributed by atoms with Crippen LogP contribution in [0.1, 0.15) is 97.3 Å². The summed E-state index contributed by atoms with van der Waals surface area (Å²) in [6, 6.07) is 0. The fraction of sp³-hybridized carbons (Fsp3) is 0.656. The molecule has 0 saturated heterocycles. The van der Waals surface area contributed by atoms with Gasteiger partial charge in [-0.1, -0.05) is 107 Å². The first kappa shape index (κ1) is 39.2. The molecule has 0 rings (SSSR count). The minimum absolute atomic E-state index is 0.0594. The Hall–Kier alpha value is -1.80. The molecule has 0 bridgehead atoms. The summed E-state index contributed by atoms with van der Waals surface area (Å²) in [4.78, 5) is 22.0. The number of esters is 1. The van der Waals surface area contributed by atoms with Crippen LogP contribution in [0.25, 0.3) is 0 Å². The first-order chi connectivity index (χ1) is 19.9. The van der Waals surface area contributed by atoms with Crippen LogP contribution in [0.5, 0.6) is 0 Å². The molecule has 2 unspecified atom stereocenters. The quantitative estimate of drug-likeness (QED) is 0.0404. The van der Waals surface area contributed by atoms with Gasteiger partial charge < -0.3 is 20.1 Å². The van der Waals surface area contributed by atoms with Gasteiger partial charge >= 0.3 is 13.8 Å². The number of phosphoric ester groups is 1. The van der Waals surface area contributed by atoms with Gasteiger partial charge in [0.2, 0.25) is 0 Å². The molecule has 3 N–H and O–H groups in total. The van der Waals surface area contributed by atoms with Gasteiger partial charge in [0, 0.05) is 13.0 Å². The highest BCUT2D eigenvalue weighted by atomic mass is 31.2. The third kappa shape index (κ3) is 29.5. The zero-order valence-electron chi connectivity index (χ0n) is 25.5. The van der Waals surface area contributed by atoms with Gasteiger partial charge in [0.05, 0.1) is 26.4 Å². The van der Waals surface area contributed by atoms with Crippen molar-refractivity contribution in [2.75, 3.05) is 33.0 Å². The van der Waals surface area contributed by atoms with E-state index in [0.29, 0.717) is 19.4 Å². The van der Waals surface area contributed by atoms with Crippen molar-refractivity contribution in [3.63, 3.8) is 0 Å². The van der Waals surface area contributed by atoms with Crippen LogP contribution in [0.3, 0.4) is 0 Å². The summed E-state index contributed by atoms with van der Waals surface area (Å²) in [6.07, 6.45) is 32.8. The smallest absolute Gasteiger partial charge is 0.457 e. The lowest BCUT2D eigenvalue weighted by atomic mass is 10.1. The van der Waals surface area contributed by atoms with Crippen molar-refractivity contribution >= 4 is 13.8 Å². The summed E-state index contributed by atoms with van der Waals surface area (Å²) in [5.41, 5.74) is 5.31. The topological polar surface area (TPSA) is 117 Å². The minimum atomic E-state index is -4.28. The standard InChI is InChI=1S/C32H56NO7P/c1-3-5-7-9-11-12-13-14-15-16-17-18-19-20-22-24-27-37-29-31(30-39-41(35,36)38-28-26-33)40-32(34)25-23-21-10-8-6-4-2/h5,7,11-12,14-15,17-18,20,22,31H,3-4,6,8-10,13,16,19,21,23-30,33H2,1-2H3,(H,35,36)/b7-5-,12-11-,15-14-,18-17-,22-20-. The zero-order chi connectivity index (χ0) is 30.3. The Morgan fingerprint density at radius 2 is 1.32 bits per heavy atom. The second kappa shape index (κ2) is 29.7. The number of ether oxygens (including phenoxy) is 2. The molecule has 236 valence electrons. The van der Waals surface area contributed by atoms with Crippen LogP contribution in [0, 0.1) is 0 Å². The zero-order valence-corrected chi connectivity index (χ0v) is 26.4. The molecule has 2 atom stereocenters. The lowest BCUT2D eigenvalue weighted by molar-refractivity contribution is -0.154. The Balaban J connectivity index is 4.27. The molecule has 0 radical (unpaired) electrons. The van der Waals surface area contributed by atoms with E-state index >= 15 is 0 Å². The van der Waals surface area contributed by atoms with Crippen LogP contribution in [0.15, 0.2) is 60.8 Å². The van der Waals surface area contributed by atoms with Crippen molar-refractivity contribution in [2.24, 2.45) is 5.73 Å². The maximum atomic E-state index is 12.3. The predicted octanol–water partition coefficient (Wildman–Crippen LogP) is 7.90. The summed E-state index contributed by atoms with van der Waals surface area (Å²) >= 11 is 0. The summed E-state index contributed by atoms with van der Waals surface area (Å²) in [5, 5.41) is 0. The second-order valence-electron chi connectivity index (χ2n) is 9.59. The van der Waals surface area contributed by atoms with Crippen molar-refractivity contribution in [2.45, 2.75) is 103 Å². The molecule has 0 aliphatic rings. The highest BCUT2D eigenvalue weighted by Crippen LogP contribution is 2.43. The van der Waals surface area contributed by atoms with Crippen molar-refractivity contribution in [1.29, 1.82) is 0 Å². The average molecular weight is 598 g/mol. The molecule has 0 fully saturated rings. The fourth-order valence-corrected chi connectivity index (χ4v) is 4.29. The number of nitrogens with two attached hydrogens (primary N) is 1. The number of carbonyl (C=O) groups is 1. The normalized spacial score (nSPS) is 14.7. The number of unbranched alkanes of at least 4 members (excludes halogenated alkanes) is 5. The first-order valence-electron chi connectivity index (χ1n) is 15.3. The lowest BCUT2D eigenvalue weighted by Crippen LogP contribution is -2.28. The van der Waals surface area contributed by atoms with Crippen LogP contribution < -0.4 is 5.73 Å². The van der Waals surface area contributed by atoms with E-state index < -0.39 is 13.9 Å². The van der Waals surface area contributed by atoms with Gasteiger partial charge in [0.25, 0.3) is 0 Å². The van der Waals surface area contributed by atoms with E-state index in [4.69, 9.17) is 24.3 Å². The molecule has 0 aliphatic carbocycles. The van der Waals surface area contributed by atoms with E-state index in [2.05, 4.69) is 68.5 Å². The molecular weight excluding hydrogens is 541 g/mol. The van der Waals surface area contributed by atoms with Crippen molar-refractivity contribution in [3.8, 4) is 0 Å². The molecule has 0 aromatic carbocycles. The number of phosphoric acid groups is 1. The number of carbonyl (C=O) groups excluding carboxylic acids is 1. The van der Waals surface area contributed by atoms with Crippen LogP contribution in [-0.4, -0.2) is 49.9 Å². The average Bonchev–Trinajstić information content (AvgIpc) is 2.96. The Kier molecular flexibility index (Phi) is 28.4. The van der Waals surface area contributed by atoms with Gasteiger partial charge in [0.15, 0.2) is 0 Å². The van der Waals surface area contributed by atoms with Gasteiger partial charge in [0.1, 0.15) is 6.10 Å². The lowest BCUT2D eigenvalue weighted by Gasteiger charge is -2.19. The molecule has 41 heavy (non-hydrogen) atoms. The summed E-state index contributed by atoms with van der Waals surface area (Å²) in [5.74, 6) is -0.369. The van der Waals surface area contributed by atoms with Gasteiger partial charge in [-0.2, -0.15) is 0 Å². The van der Waals surface area contributed by atoms with E-state index in [1.807, 2.05) is 6.08 Å². The fourth-order valence-electron chi connectivity index (χ4n) is 3.53. The van der Waals surface area contributed by atoms with Gasteiger partial charge in [-0.05, 0) is 44.9 Å². The number of allylic oxidation sites excluding steroid dienone is 9. The van der Waals surface area contributed by atoms with Gasteiger partial charge in [-0.3, -0.25) is 13.8 Å². The van der Waals surface area contributed by atoms with Crippen LogP contribution >= 0.6 is 7.82 Å². The second-order valence-corrected chi connectivity index (χ2v) is 11.0. The van der Waals surface area contributed by atoms with E-state index in [9.17, 15) is 14.3 Å². The Morgan fingerprint density at radius 3 is 1.90 bits per heavy atom. The highest BCUT2D eigenvalue weighted by Gasteiger charge is 2.25. The van der Waals surface area contributed by atoms with E-state index in [1.165, 1.54) is 19.3 Å². The molecule has 0 heterocycles. The Morgan fingerprint density at radius 1 is 0.756 bits per heavy atom. The Bertz CT molecular complexity index is 808. The SMILES string of the molecule is CC/C=C\C/C=C\C/C=C\C/C=C\C/C=C\CCOCC(COP(=O)(O)OCCN)OC(=O)CCCCCCCC. The Labute approximate surface area is 249 Å². The minimum Gasteiger partial charge on any atom is -0.457 e.